The Labute approximate surface area is 81.6 Å². The van der Waals surface area contributed by atoms with E-state index in [1.54, 1.807) is 6.92 Å². The van der Waals surface area contributed by atoms with E-state index in [9.17, 15) is 8.78 Å². The van der Waals surface area contributed by atoms with Gasteiger partial charge in [0.15, 0.2) is 0 Å². The minimum Gasteiger partial charge on any atom is -0.396 e. The Morgan fingerprint density at radius 2 is 1.93 bits per heavy atom. The highest BCUT2D eigenvalue weighted by Crippen LogP contribution is 2.17. The van der Waals surface area contributed by atoms with Crippen molar-refractivity contribution < 1.29 is 13.9 Å². The number of rotatable bonds is 4. The molecule has 0 heterocycles. The zero-order chi connectivity index (χ0) is 10.6. The van der Waals surface area contributed by atoms with Crippen LogP contribution in [0, 0.1) is 17.6 Å². The lowest BCUT2D eigenvalue weighted by molar-refractivity contribution is 0.244. The molecule has 1 atom stereocenters. The monoisotopic (exact) mass is 201 g/mol. The molecule has 1 unspecified atom stereocenters. The molecule has 1 aromatic carbocycles. The molecule has 0 aliphatic carbocycles. The third kappa shape index (κ3) is 2.67. The van der Waals surface area contributed by atoms with Crippen molar-refractivity contribution in [3.8, 4) is 0 Å². The van der Waals surface area contributed by atoms with Gasteiger partial charge in [0.2, 0.25) is 0 Å². The summed E-state index contributed by atoms with van der Waals surface area (Å²) in [7, 11) is 0. The zero-order valence-electron chi connectivity index (χ0n) is 7.93. The lowest BCUT2D eigenvalue weighted by Gasteiger charge is -2.11. The van der Waals surface area contributed by atoms with E-state index in [0.29, 0.717) is 6.54 Å². The molecule has 0 saturated heterocycles. The van der Waals surface area contributed by atoms with Crippen molar-refractivity contribution in [1.82, 2.24) is 0 Å². The summed E-state index contributed by atoms with van der Waals surface area (Å²) in [6, 6.07) is 3.69. The standard InChI is InChI=1S/C10H13F2NO/c1-7(6-14)5-13-10-8(11)3-2-4-9(10)12/h2-4,7,13-14H,5-6H2,1H3. The van der Waals surface area contributed by atoms with E-state index in [2.05, 4.69) is 5.32 Å². The first-order valence-corrected chi connectivity index (χ1v) is 4.44. The first-order valence-electron chi connectivity index (χ1n) is 4.44. The summed E-state index contributed by atoms with van der Waals surface area (Å²) < 4.78 is 26.1. The van der Waals surface area contributed by atoms with Gasteiger partial charge < -0.3 is 10.4 Å². The minimum absolute atomic E-state index is 0.0108. The van der Waals surface area contributed by atoms with Crippen molar-refractivity contribution in [2.24, 2.45) is 5.92 Å². The number of hydrogen-bond acceptors (Lipinski definition) is 2. The lowest BCUT2D eigenvalue weighted by atomic mass is 10.2. The van der Waals surface area contributed by atoms with Crippen LogP contribution in [0.5, 0.6) is 0 Å². The minimum atomic E-state index is -0.616. The Morgan fingerprint density at radius 1 is 1.36 bits per heavy atom. The molecule has 1 rings (SSSR count). The Bertz CT molecular complexity index is 284. The van der Waals surface area contributed by atoms with Crippen LogP contribution in [0.3, 0.4) is 0 Å². The number of halogens is 2. The third-order valence-corrected chi connectivity index (χ3v) is 1.90. The molecule has 2 N–H and O–H groups in total. The fraction of sp³-hybridized carbons (Fsp3) is 0.400. The van der Waals surface area contributed by atoms with Crippen LogP contribution < -0.4 is 5.32 Å². The number of para-hydroxylation sites is 1. The molecule has 0 radical (unpaired) electrons. The quantitative estimate of drug-likeness (QED) is 0.781. The maximum atomic E-state index is 13.0. The average Bonchev–Trinajstić information content (AvgIpc) is 2.16. The van der Waals surface area contributed by atoms with Gasteiger partial charge in [0.1, 0.15) is 17.3 Å². The zero-order valence-corrected chi connectivity index (χ0v) is 7.93. The molecule has 0 amide bonds. The first-order chi connectivity index (χ1) is 6.65. The fourth-order valence-corrected chi connectivity index (χ4v) is 1.01. The van der Waals surface area contributed by atoms with Gasteiger partial charge in [-0.15, -0.1) is 0 Å². The molecule has 0 aromatic heterocycles. The summed E-state index contributed by atoms with van der Waals surface area (Å²) in [5, 5.41) is 11.3. The van der Waals surface area contributed by atoms with Gasteiger partial charge in [-0.05, 0) is 18.1 Å². The van der Waals surface area contributed by atoms with Gasteiger partial charge in [0, 0.05) is 13.2 Å². The normalized spacial score (nSPS) is 12.6. The number of hydrogen-bond donors (Lipinski definition) is 2. The fourth-order valence-electron chi connectivity index (χ4n) is 1.01. The van der Waals surface area contributed by atoms with Crippen LogP contribution >= 0.6 is 0 Å². The molecule has 0 spiro atoms. The summed E-state index contributed by atoms with van der Waals surface area (Å²) in [5.41, 5.74) is -0.132. The van der Waals surface area contributed by atoms with E-state index in [-0.39, 0.29) is 18.2 Å². The molecule has 4 heteroatoms. The molecule has 0 aliphatic rings. The van der Waals surface area contributed by atoms with Gasteiger partial charge in [0.25, 0.3) is 0 Å². The van der Waals surface area contributed by atoms with Crippen LogP contribution in [-0.2, 0) is 0 Å². The molecule has 2 nitrogen and oxygen atoms in total. The lowest BCUT2D eigenvalue weighted by Crippen LogP contribution is -2.16. The predicted octanol–water partition coefficient (Wildman–Crippen LogP) is 2.01. The van der Waals surface area contributed by atoms with E-state index in [1.165, 1.54) is 18.2 Å². The van der Waals surface area contributed by atoms with Crippen molar-refractivity contribution in [1.29, 1.82) is 0 Å². The van der Waals surface area contributed by atoms with Crippen molar-refractivity contribution >= 4 is 5.69 Å². The number of benzene rings is 1. The van der Waals surface area contributed by atoms with Crippen LogP contribution in [0.25, 0.3) is 0 Å². The van der Waals surface area contributed by atoms with Crippen LogP contribution in [0.15, 0.2) is 18.2 Å². The van der Waals surface area contributed by atoms with Crippen LogP contribution in [0.2, 0.25) is 0 Å². The number of anilines is 1. The second kappa shape index (κ2) is 4.91. The van der Waals surface area contributed by atoms with Crippen LogP contribution in [0.4, 0.5) is 14.5 Å². The molecular weight excluding hydrogens is 188 g/mol. The largest absolute Gasteiger partial charge is 0.396 e. The van der Waals surface area contributed by atoms with Crippen LogP contribution in [0.1, 0.15) is 6.92 Å². The first kappa shape index (κ1) is 10.9. The highest BCUT2D eigenvalue weighted by atomic mass is 19.1. The summed E-state index contributed by atoms with van der Waals surface area (Å²) in [6.07, 6.45) is 0. The van der Waals surface area contributed by atoms with Gasteiger partial charge in [-0.2, -0.15) is 0 Å². The maximum Gasteiger partial charge on any atom is 0.149 e. The smallest absolute Gasteiger partial charge is 0.149 e. The number of aliphatic hydroxyl groups excluding tert-OH is 1. The van der Waals surface area contributed by atoms with E-state index in [0.717, 1.165) is 0 Å². The summed E-state index contributed by atoms with van der Waals surface area (Å²) in [4.78, 5) is 0. The number of aliphatic hydroxyl groups is 1. The van der Waals surface area contributed by atoms with Gasteiger partial charge in [-0.1, -0.05) is 13.0 Å². The van der Waals surface area contributed by atoms with Crippen molar-refractivity contribution in [2.75, 3.05) is 18.5 Å². The highest BCUT2D eigenvalue weighted by molar-refractivity contribution is 5.45. The van der Waals surface area contributed by atoms with Gasteiger partial charge >= 0.3 is 0 Å². The Morgan fingerprint density at radius 3 is 2.43 bits per heavy atom. The van der Waals surface area contributed by atoms with Gasteiger partial charge in [-0.3, -0.25) is 0 Å². The topological polar surface area (TPSA) is 32.3 Å². The summed E-state index contributed by atoms with van der Waals surface area (Å²) >= 11 is 0. The molecule has 0 aliphatic heterocycles. The Balaban J connectivity index is 2.66. The predicted molar refractivity (Wildman–Crippen MR) is 51.1 cm³/mol. The van der Waals surface area contributed by atoms with Gasteiger partial charge in [0.05, 0.1) is 0 Å². The third-order valence-electron chi connectivity index (χ3n) is 1.90. The summed E-state index contributed by atoms with van der Waals surface area (Å²) in [5.74, 6) is -1.26. The van der Waals surface area contributed by atoms with Crippen molar-refractivity contribution in [3.05, 3.63) is 29.8 Å². The second-order valence-electron chi connectivity index (χ2n) is 3.27. The van der Waals surface area contributed by atoms with E-state index in [1.807, 2.05) is 0 Å². The van der Waals surface area contributed by atoms with E-state index >= 15 is 0 Å². The summed E-state index contributed by atoms with van der Waals surface area (Å²) in [6.45, 7) is 2.11. The molecule has 78 valence electrons. The Kier molecular flexibility index (Phi) is 3.83. The molecule has 1 aromatic rings. The second-order valence-corrected chi connectivity index (χ2v) is 3.27. The Hall–Kier alpha value is -1.16. The van der Waals surface area contributed by atoms with E-state index < -0.39 is 11.6 Å². The van der Waals surface area contributed by atoms with Crippen molar-refractivity contribution in [3.63, 3.8) is 0 Å². The van der Waals surface area contributed by atoms with Crippen LogP contribution in [-0.4, -0.2) is 18.3 Å². The van der Waals surface area contributed by atoms with Gasteiger partial charge in [-0.25, -0.2) is 8.78 Å². The molecule has 0 saturated carbocycles. The van der Waals surface area contributed by atoms with Crippen molar-refractivity contribution in [2.45, 2.75) is 6.92 Å². The number of nitrogens with one attached hydrogen (secondary N) is 1. The molecular formula is C10H13F2NO. The molecule has 0 bridgehead atoms. The SMILES string of the molecule is CC(CO)CNc1c(F)cccc1F. The van der Waals surface area contributed by atoms with E-state index in [4.69, 9.17) is 5.11 Å². The average molecular weight is 201 g/mol. The maximum absolute atomic E-state index is 13.0. The highest BCUT2D eigenvalue weighted by Gasteiger charge is 2.08. The molecule has 14 heavy (non-hydrogen) atoms. The molecule has 0 fully saturated rings.